The van der Waals surface area contributed by atoms with Crippen LogP contribution in [0.15, 0.2) is 54.6 Å². The summed E-state index contributed by atoms with van der Waals surface area (Å²) in [4.78, 5) is 15.3. The third kappa shape index (κ3) is 3.75. The molecule has 0 saturated carbocycles. The van der Waals surface area contributed by atoms with E-state index in [0.29, 0.717) is 56.1 Å². The van der Waals surface area contributed by atoms with Gasteiger partial charge in [-0.05, 0) is 42.8 Å². The van der Waals surface area contributed by atoms with E-state index in [9.17, 15) is 9.18 Å². The summed E-state index contributed by atoms with van der Waals surface area (Å²) in [5.41, 5.74) is 3.02. The van der Waals surface area contributed by atoms with Gasteiger partial charge in [-0.3, -0.25) is 4.79 Å². The van der Waals surface area contributed by atoms with Gasteiger partial charge in [0, 0.05) is 31.5 Å². The van der Waals surface area contributed by atoms with E-state index < -0.39 is 5.79 Å². The normalized spacial score (nSPS) is 17.9. The zero-order valence-corrected chi connectivity index (χ0v) is 17.4. The number of carbonyl (C=O) groups is 1. The molecule has 3 aromatic rings. The van der Waals surface area contributed by atoms with E-state index in [1.807, 2.05) is 31.2 Å². The van der Waals surface area contributed by atoms with Gasteiger partial charge in [0.25, 0.3) is 5.91 Å². The number of piperidine rings is 1. The molecule has 2 saturated heterocycles. The molecule has 1 spiro atoms. The maximum absolute atomic E-state index is 14.4. The molecule has 0 N–H and O–H groups in total. The zero-order chi connectivity index (χ0) is 21.4. The van der Waals surface area contributed by atoms with Crippen LogP contribution in [0.2, 0.25) is 0 Å². The fourth-order valence-electron chi connectivity index (χ4n) is 4.29. The molecule has 2 aliphatic heterocycles. The Kier molecular flexibility index (Phi) is 5.08. The van der Waals surface area contributed by atoms with Crippen molar-refractivity contribution in [3.8, 4) is 16.9 Å². The van der Waals surface area contributed by atoms with E-state index in [1.165, 1.54) is 6.07 Å². The summed E-state index contributed by atoms with van der Waals surface area (Å²) in [7, 11) is 0. The molecular weight excluding hydrogens is 397 g/mol. The fourth-order valence-corrected chi connectivity index (χ4v) is 4.29. The van der Waals surface area contributed by atoms with Crippen LogP contribution in [0.3, 0.4) is 0 Å². The molecule has 0 aliphatic carbocycles. The Morgan fingerprint density at radius 3 is 2.48 bits per heavy atom. The van der Waals surface area contributed by atoms with Crippen molar-refractivity contribution in [3.05, 3.63) is 71.7 Å². The lowest BCUT2D eigenvalue weighted by Gasteiger charge is -2.37. The van der Waals surface area contributed by atoms with Gasteiger partial charge in [-0.15, -0.1) is 0 Å². The third-order valence-electron chi connectivity index (χ3n) is 5.95. The Morgan fingerprint density at radius 2 is 1.77 bits per heavy atom. The van der Waals surface area contributed by atoms with Gasteiger partial charge in [-0.25, -0.2) is 9.07 Å². The average molecular weight is 421 g/mol. The lowest BCUT2D eigenvalue weighted by molar-refractivity contribution is -0.181. The molecule has 31 heavy (non-hydrogen) atoms. The second kappa shape index (κ2) is 7.90. The molecule has 5 rings (SSSR count). The van der Waals surface area contributed by atoms with Gasteiger partial charge in [-0.1, -0.05) is 24.3 Å². The number of amides is 1. The minimum Gasteiger partial charge on any atom is -0.347 e. The number of ether oxygens (including phenoxy) is 2. The van der Waals surface area contributed by atoms with Crippen molar-refractivity contribution in [2.24, 2.45) is 0 Å². The number of halogens is 1. The number of benzene rings is 2. The molecule has 7 heteroatoms. The third-order valence-corrected chi connectivity index (χ3v) is 5.95. The first-order chi connectivity index (χ1) is 15.0. The van der Waals surface area contributed by atoms with Crippen molar-refractivity contribution in [1.82, 2.24) is 14.7 Å². The molecular formula is C24H24FN3O3. The molecule has 1 aromatic heterocycles. The maximum Gasteiger partial charge on any atom is 0.272 e. The lowest BCUT2D eigenvalue weighted by atomic mass is 10.0. The number of rotatable bonds is 3. The summed E-state index contributed by atoms with van der Waals surface area (Å²) in [5.74, 6) is -1.05. The molecule has 2 fully saturated rings. The Bertz CT molecular complexity index is 1110. The summed E-state index contributed by atoms with van der Waals surface area (Å²) in [6.45, 7) is 4.25. The van der Waals surface area contributed by atoms with Crippen LogP contribution in [0.25, 0.3) is 16.9 Å². The predicted molar refractivity (Wildman–Crippen MR) is 113 cm³/mol. The minimum atomic E-state index is -0.550. The van der Waals surface area contributed by atoms with E-state index in [1.54, 1.807) is 33.8 Å². The Labute approximate surface area is 180 Å². The highest BCUT2D eigenvalue weighted by Gasteiger charge is 2.41. The quantitative estimate of drug-likeness (QED) is 0.642. The summed E-state index contributed by atoms with van der Waals surface area (Å²) in [6, 6.07) is 15.9. The molecule has 1 amide bonds. The molecule has 6 nitrogen and oxygen atoms in total. The average Bonchev–Trinajstić information content (AvgIpc) is 3.42. The SMILES string of the molecule is Cc1cccc(-n2nc(-c3ccccc3F)cc2C(=O)N2CCC3(CC2)OCCO3)c1. The monoisotopic (exact) mass is 421 g/mol. The minimum absolute atomic E-state index is 0.135. The summed E-state index contributed by atoms with van der Waals surface area (Å²) in [6.07, 6.45) is 1.27. The number of hydrogen-bond donors (Lipinski definition) is 0. The molecule has 0 radical (unpaired) electrons. The van der Waals surface area contributed by atoms with Gasteiger partial charge in [0.2, 0.25) is 0 Å². The van der Waals surface area contributed by atoms with Crippen molar-refractivity contribution < 1.29 is 18.7 Å². The standard InChI is InChI=1S/C24H24FN3O3/c1-17-5-4-6-18(15-17)28-22(16-21(26-28)19-7-2-3-8-20(19)25)23(29)27-11-9-24(10-12-27)30-13-14-31-24/h2-8,15-16H,9-14H2,1H3. The summed E-state index contributed by atoms with van der Waals surface area (Å²) in [5, 5.41) is 4.62. The first-order valence-electron chi connectivity index (χ1n) is 10.5. The molecule has 160 valence electrons. The van der Waals surface area contributed by atoms with Crippen LogP contribution >= 0.6 is 0 Å². The topological polar surface area (TPSA) is 56.6 Å². The van der Waals surface area contributed by atoms with Crippen molar-refractivity contribution in [1.29, 1.82) is 0 Å². The largest absolute Gasteiger partial charge is 0.347 e. The molecule has 2 aliphatic rings. The summed E-state index contributed by atoms with van der Waals surface area (Å²) >= 11 is 0. The molecule has 2 aromatic carbocycles. The van der Waals surface area contributed by atoms with Crippen LogP contribution in [-0.2, 0) is 9.47 Å². The first-order valence-corrected chi connectivity index (χ1v) is 10.5. The molecule has 3 heterocycles. The molecule has 0 atom stereocenters. The van der Waals surface area contributed by atoms with Crippen LogP contribution in [0.1, 0.15) is 28.9 Å². The van der Waals surface area contributed by atoms with Gasteiger partial charge in [-0.2, -0.15) is 5.10 Å². The highest BCUT2D eigenvalue weighted by atomic mass is 19.1. The van der Waals surface area contributed by atoms with E-state index in [2.05, 4.69) is 5.10 Å². The van der Waals surface area contributed by atoms with Gasteiger partial charge in [0.05, 0.1) is 24.6 Å². The van der Waals surface area contributed by atoms with Crippen molar-refractivity contribution >= 4 is 5.91 Å². The lowest BCUT2D eigenvalue weighted by Crippen LogP contribution is -2.47. The highest BCUT2D eigenvalue weighted by molar-refractivity contribution is 5.94. The van der Waals surface area contributed by atoms with Crippen molar-refractivity contribution in [3.63, 3.8) is 0 Å². The number of likely N-dealkylation sites (tertiary alicyclic amines) is 1. The Morgan fingerprint density at radius 1 is 1.03 bits per heavy atom. The van der Waals surface area contributed by atoms with E-state index in [-0.39, 0.29) is 11.7 Å². The van der Waals surface area contributed by atoms with Gasteiger partial charge >= 0.3 is 0 Å². The molecule has 0 unspecified atom stereocenters. The zero-order valence-electron chi connectivity index (χ0n) is 17.4. The predicted octanol–water partition coefficient (Wildman–Crippen LogP) is 3.97. The highest BCUT2D eigenvalue weighted by Crippen LogP contribution is 2.32. The van der Waals surface area contributed by atoms with Crippen LogP contribution in [0.5, 0.6) is 0 Å². The Hall–Kier alpha value is -3.03. The van der Waals surface area contributed by atoms with Crippen LogP contribution < -0.4 is 0 Å². The summed E-state index contributed by atoms with van der Waals surface area (Å²) < 4.78 is 27.6. The van der Waals surface area contributed by atoms with Gasteiger partial charge < -0.3 is 14.4 Å². The second-order valence-electron chi connectivity index (χ2n) is 8.05. The number of aryl methyl sites for hydroxylation is 1. The smallest absolute Gasteiger partial charge is 0.272 e. The number of nitrogens with zero attached hydrogens (tertiary/aromatic N) is 3. The fraction of sp³-hybridized carbons (Fsp3) is 0.333. The maximum atomic E-state index is 14.4. The number of hydrogen-bond acceptors (Lipinski definition) is 4. The van der Waals surface area contributed by atoms with Crippen molar-refractivity contribution in [2.45, 2.75) is 25.6 Å². The van der Waals surface area contributed by atoms with Crippen LogP contribution in [0.4, 0.5) is 4.39 Å². The second-order valence-corrected chi connectivity index (χ2v) is 8.05. The first kappa shape index (κ1) is 19.9. The van der Waals surface area contributed by atoms with Gasteiger partial charge in [0.1, 0.15) is 11.5 Å². The van der Waals surface area contributed by atoms with E-state index in [4.69, 9.17) is 9.47 Å². The molecule has 0 bridgehead atoms. The number of aromatic nitrogens is 2. The Balaban J connectivity index is 1.51. The van der Waals surface area contributed by atoms with E-state index >= 15 is 0 Å². The van der Waals surface area contributed by atoms with Gasteiger partial charge in [0.15, 0.2) is 5.79 Å². The number of carbonyl (C=O) groups excluding carboxylic acids is 1. The van der Waals surface area contributed by atoms with Crippen LogP contribution in [-0.4, -0.2) is 52.7 Å². The van der Waals surface area contributed by atoms with Crippen LogP contribution in [0, 0.1) is 12.7 Å². The van der Waals surface area contributed by atoms with Crippen molar-refractivity contribution in [2.75, 3.05) is 26.3 Å². The van der Waals surface area contributed by atoms with E-state index in [0.717, 1.165) is 11.3 Å².